The number of hydrogen-bond acceptors (Lipinski definition) is 6. The SMILES string of the molecule is COc1ccc(-c2nnc(CCN)s2)cc1OC. The summed E-state index contributed by atoms with van der Waals surface area (Å²) in [6.07, 6.45) is 0.755. The fourth-order valence-corrected chi connectivity index (χ4v) is 2.42. The number of aromatic nitrogens is 2. The van der Waals surface area contributed by atoms with Gasteiger partial charge >= 0.3 is 0 Å². The first-order chi connectivity index (χ1) is 8.78. The van der Waals surface area contributed by atoms with Gasteiger partial charge in [0.15, 0.2) is 11.5 Å². The van der Waals surface area contributed by atoms with E-state index in [9.17, 15) is 0 Å². The predicted octanol–water partition coefficient (Wildman–Crippen LogP) is 1.72. The maximum atomic E-state index is 5.49. The van der Waals surface area contributed by atoms with Gasteiger partial charge in [0, 0.05) is 12.0 Å². The molecule has 0 fully saturated rings. The zero-order valence-electron chi connectivity index (χ0n) is 10.3. The molecule has 2 N–H and O–H groups in total. The second kappa shape index (κ2) is 5.79. The minimum absolute atomic E-state index is 0.584. The lowest BCUT2D eigenvalue weighted by Gasteiger charge is -2.07. The summed E-state index contributed by atoms with van der Waals surface area (Å²) in [5.74, 6) is 1.39. The Balaban J connectivity index is 2.31. The van der Waals surface area contributed by atoms with Gasteiger partial charge in [-0.2, -0.15) is 0 Å². The summed E-state index contributed by atoms with van der Waals surface area (Å²) in [7, 11) is 3.23. The van der Waals surface area contributed by atoms with E-state index in [-0.39, 0.29) is 0 Å². The van der Waals surface area contributed by atoms with Gasteiger partial charge in [0.05, 0.1) is 14.2 Å². The fourth-order valence-electron chi connectivity index (χ4n) is 1.56. The Morgan fingerprint density at radius 3 is 2.61 bits per heavy atom. The molecule has 0 atom stereocenters. The Labute approximate surface area is 110 Å². The highest BCUT2D eigenvalue weighted by atomic mass is 32.1. The molecule has 0 amide bonds. The van der Waals surface area contributed by atoms with Crippen LogP contribution in [0.5, 0.6) is 11.5 Å². The number of rotatable bonds is 5. The molecule has 6 heteroatoms. The highest BCUT2D eigenvalue weighted by molar-refractivity contribution is 7.14. The summed E-state index contributed by atoms with van der Waals surface area (Å²) in [6.45, 7) is 0.584. The van der Waals surface area contributed by atoms with E-state index < -0.39 is 0 Å². The molecule has 0 aliphatic rings. The Morgan fingerprint density at radius 2 is 1.94 bits per heavy atom. The molecule has 0 aliphatic carbocycles. The largest absolute Gasteiger partial charge is 0.493 e. The van der Waals surface area contributed by atoms with E-state index in [0.29, 0.717) is 18.0 Å². The average molecular weight is 265 g/mol. The predicted molar refractivity (Wildman–Crippen MR) is 71.2 cm³/mol. The molecule has 0 aliphatic heterocycles. The monoisotopic (exact) mass is 265 g/mol. The van der Waals surface area contributed by atoms with Gasteiger partial charge in [0.2, 0.25) is 0 Å². The highest BCUT2D eigenvalue weighted by Gasteiger charge is 2.10. The van der Waals surface area contributed by atoms with Crippen molar-refractivity contribution in [3.63, 3.8) is 0 Å². The zero-order valence-corrected chi connectivity index (χ0v) is 11.2. The number of ether oxygens (including phenoxy) is 2. The van der Waals surface area contributed by atoms with Crippen molar-refractivity contribution in [2.24, 2.45) is 5.73 Å². The summed E-state index contributed by atoms with van der Waals surface area (Å²) in [4.78, 5) is 0. The summed E-state index contributed by atoms with van der Waals surface area (Å²) in [5, 5.41) is 10.1. The lowest BCUT2D eigenvalue weighted by Crippen LogP contribution is -2.01. The van der Waals surface area contributed by atoms with Crippen LogP contribution in [0.2, 0.25) is 0 Å². The topological polar surface area (TPSA) is 70.3 Å². The highest BCUT2D eigenvalue weighted by Crippen LogP contribution is 2.33. The molecule has 0 saturated carbocycles. The zero-order chi connectivity index (χ0) is 13.0. The van der Waals surface area contributed by atoms with Gasteiger partial charge in [-0.25, -0.2) is 0 Å². The Bertz CT molecular complexity index is 528. The minimum Gasteiger partial charge on any atom is -0.493 e. The van der Waals surface area contributed by atoms with Crippen molar-refractivity contribution in [3.05, 3.63) is 23.2 Å². The molecule has 1 heterocycles. The van der Waals surface area contributed by atoms with Gasteiger partial charge in [-0.1, -0.05) is 11.3 Å². The minimum atomic E-state index is 0.584. The van der Waals surface area contributed by atoms with Gasteiger partial charge in [-0.05, 0) is 24.7 Å². The van der Waals surface area contributed by atoms with E-state index in [4.69, 9.17) is 15.2 Å². The first-order valence-electron chi connectivity index (χ1n) is 5.53. The molecule has 0 unspecified atom stereocenters. The molecule has 1 aromatic carbocycles. The summed E-state index contributed by atoms with van der Waals surface area (Å²) >= 11 is 1.54. The van der Waals surface area contributed by atoms with Crippen LogP contribution < -0.4 is 15.2 Å². The fraction of sp³-hybridized carbons (Fsp3) is 0.333. The van der Waals surface area contributed by atoms with E-state index in [0.717, 1.165) is 22.0 Å². The van der Waals surface area contributed by atoms with E-state index in [2.05, 4.69) is 10.2 Å². The standard InChI is InChI=1S/C12H15N3O2S/c1-16-9-4-3-8(7-10(9)17-2)12-15-14-11(18-12)5-6-13/h3-4,7H,5-6,13H2,1-2H3. The third-order valence-electron chi connectivity index (χ3n) is 2.46. The normalized spacial score (nSPS) is 10.4. The van der Waals surface area contributed by atoms with E-state index in [1.165, 1.54) is 0 Å². The number of nitrogens with zero attached hydrogens (tertiary/aromatic N) is 2. The molecule has 96 valence electrons. The van der Waals surface area contributed by atoms with Gasteiger partial charge in [-0.15, -0.1) is 10.2 Å². The van der Waals surface area contributed by atoms with Crippen molar-refractivity contribution in [2.45, 2.75) is 6.42 Å². The van der Waals surface area contributed by atoms with Crippen molar-refractivity contribution in [3.8, 4) is 22.1 Å². The number of nitrogens with two attached hydrogens (primary N) is 1. The van der Waals surface area contributed by atoms with Crippen LogP contribution in [0.1, 0.15) is 5.01 Å². The lowest BCUT2D eigenvalue weighted by atomic mass is 10.2. The summed E-state index contributed by atoms with van der Waals surface area (Å²) in [6, 6.07) is 5.69. The maximum absolute atomic E-state index is 5.49. The summed E-state index contributed by atoms with van der Waals surface area (Å²) in [5.41, 5.74) is 6.46. The maximum Gasteiger partial charge on any atom is 0.161 e. The Kier molecular flexibility index (Phi) is 4.11. The molecule has 0 spiro atoms. The van der Waals surface area contributed by atoms with Crippen LogP contribution in [0.25, 0.3) is 10.6 Å². The van der Waals surface area contributed by atoms with Crippen LogP contribution in [0, 0.1) is 0 Å². The molecule has 18 heavy (non-hydrogen) atoms. The molecule has 0 saturated heterocycles. The number of benzene rings is 1. The first-order valence-corrected chi connectivity index (χ1v) is 6.35. The van der Waals surface area contributed by atoms with Gasteiger partial charge < -0.3 is 15.2 Å². The molecular weight excluding hydrogens is 250 g/mol. The molecule has 0 bridgehead atoms. The smallest absolute Gasteiger partial charge is 0.161 e. The number of methoxy groups -OCH3 is 2. The van der Waals surface area contributed by atoms with Crippen LogP contribution in [-0.2, 0) is 6.42 Å². The molecular formula is C12H15N3O2S. The van der Waals surface area contributed by atoms with Gasteiger partial charge in [-0.3, -0.25) is 0 Å². The molecule has 2 aromatic rings. The lowest BCUT2D eigenvalue weighted by molar-refractivity contribution is 0.355. The van der Waals surface area contributed by atoms with Crippen LogP contribution in [0.4, 0.5) is 0 Å². The molecule has 0 radical (unpaired) electrons. The second-order valence-corrected chi connectivity index (χ2v) is 4.67. The van der Waals surface area contributed by atoms with Crippen molar-refractivity contribution in [1.29, 1.82) is 0 Å². The molecule has 2 rings (SSSR count). The second-order valence-electron chi connectivity index (χ2n) is 3.61. The summed E-state index contributed by atoms with van der Waals surface area (Å²) < 4.78 is 10.5. The van der Waals surface area contributed by atoms with Crippen molar-refractivity contribution in [2.75, 3.05) is 20.8 Å². The van der Waals surface area contributed by atoms with Crippen LogP contribution >= 0.6 is 11.3 Å². The number of hydrogen-bond donors (Lipinski definition) is 1. The van der Waals surface area contributed by atoms with Crippen LogP contribution in [-0.4, -0.2) is 31.0 Å². The van der Waals surface area contributed by atoms with Gasteiger partial charge in [0.25, 0.3) is 0 Å². The van der Waals surface area contributed by atoms with E-state index in [1.807, 2.05) is 18.2 Å². The Hall–Kier alpha value is -1.66. The quantitative estimate of drug-likeness (QED) is 0.891. The molecule has 5 nitrogen and oxygen atoms in total. The van der Waals surface area contributed by atoms with E-state index in [1.54, 1.807) is 25.6 Å². The average Bonchev–Trinajstić information content (AvgIpc) is 2.87. The molecule has 1 aromatic heterocycles. The first kappa shape index (κ1) is 12.8. The van der Waals surface area contributed by atoms with Crippen LogP contribution in [0.15, 0.2) is 18.2 Å². The Morgan fingerprint density at radius 1 is 1.17 bits per heavy atom. The third-order valence-corrected chi connectivity index (χ3v) is 3.49. The van der Waals surface area contributed by atoms with Crippen molar-refractivity contribution in [1.82, 2.24) is 10.2 Å². The van der Waals surface area contributed by atoms with E-state index >= 15 is 0 Å². The van der Waals surface area contributed by atoms with Crippen molar-refractivity contribution >= 4 is 11.3 Å². The third kappa shape index (κ3) is 2.60. The van der Waals surface area contributed by atoms with Crippen LogP contribution in [0.3, 0.4) is 0 Å². The van der Waals surface area contributed by atoms with Gasteiger partial charge in [0.1, 0.15) is 10.0 Å². The van der Waals surface area contributed by atoms with Crippen molar-refractivity contribution < 1.29 is 9.47 Å².